The predicted molar refractivity (Wildman–Crippen MR) is 67.8 cm³/mol. The van der Waals surface area contributed by atoms with Gasteiger partial charge in [0, 0.05) is 23.9 Å². The Balaban J connectivity index is 2.09. The van der Waals surface area contributed by atoms with Crippen molar-refractivity contribution in [1.82, 2.24) is 10.6 Å². The summed E-state index contributed by atoms with van der Waals surface area (Å²) in [5.74, 6) is 0.629. The third-order valence-electron chi connectivity index (χ3n) is 2.18. The fraction of sp³-hybridized carbons (Fsp3) is 0.909. The Morgan fingerprint density at radius 1 is 1.56 bits per heavy atom. The number of thioether (sulfide) groups is 1. The number of carbonyl (C=O) groups excluding carboxylic acids is 1. The van der Waals surface area contributed by atoms with E-state index < -0.39 is 0 Å². The maximum absolute atomic E-state index is 11.5. The van der Waals surface area contributed by atoms with Gasteiger partial charge in [0.25, 0.3) is 0 Å². The second kappa shape index (κ2) is 6.47. The van der Waals surface area contributed by atoms with Gasteiger partial charge in [-0.2, -0.15) is 0 Å². The molecule has 4 nitrogen and oxygen atoms in total. The maximum atomic E-state index is 11.5. The normalized spacial score (nSPS) is 21.8. The van der Waals surface area contributed by atoms with Crippen LogP contribution < -0.4 is 10.6 Å². The first-order valence-electron chi connectivity index (χ1n) is 5.69. The predicted octanol–water partition coefficient (Wildman–Crippen LogP) is 0.623. The lowest BCUT2D eigenvalue weighted by molar-refractivity contribution is -0.118. The van der Waals surface area contributed by atoms with E-state index in [9.17, 15) is 4.79 Å². The molecule has 1 unspecified atom stereocenters. The van der Waals surface area contributed by atoms with Gasteiger partial charge in [-0.3, -0.25) is 4.79 Å². The lowest BCUT2D eigenvalue weighted by Crippen LogP contribution is -2.48. The zero-order valence-electron chi connectivity index (χ0n) is 10.3. The van der Waals surface area contributed by atoms with Gasteiger partial charge in [-0.25, -0.2) is 0 Å². The van der Waals surface area contributed by atoms with Crippen molar-refractivity contribution in [2.45, 2.75) is 31.6 Å². The first kappa shape index (κ1) is 13.8. The van der Waals surface area contributed by atoms with Crippen LogP contribution in [0.2, 0.25) is 0 Å². The van der Waals surface area contributed by atoms with E-state index in [4.69, 9.17) is 4.74 Å². The van der Waals surface area contributed by atoms with Crippen LogP contribution in [0.4, 0.5) is 0 Å². The van der Waals surface area contributed by atoms with Crippen LogP contribution in [-0.4, -0.2) is 48.8 Å². The van der Waals surface area contributed by atoms with E-state index in [2.05, 4.69) is 31.4 Å². The molecule has 5 heteroatoms. The van der Waals surface area contributed by atoms with Crippen molar-refractivity contribution in [3.8, 4) is 0 Å². The van der Waals surface area contributed by atoms with Crippen LogP contribution in [0.25, 0.3) is 0 Å². The molecule has 1 heterocycles. The number of hydrogen-bond donors (Lipinski definition) is 2. The molecule has 0 saturated carbocycles. The average Bonchev–Trinajstić information content (AvgIpc) is 2.24. The smallest absolute Gasteiger partial charge is 0.230 e. The molecule has 0 radical (unpaired) electrons. The van der Waals surface area contributed by atoms with E-state index in [1.54, 1.807) is 11.8 Å². The van der Waals surface area contributed by atoms with Gasteiger partial charge in [-0.05, 0) is 0 Å². The summed E-state index contributed by atoms with van der Waals surface area (Å²) in [6, 6.07) is 0.261. The summed E-state index contributed by atoms with van der Waals surface area (Å²) < 4.78 is 5.45. The molecule has 0 aromatic heterocycles. The number of hydrogen-bond acceptors (Lipinski definition) is 4. The molecule has 2 N–H and O–H groups in total. The van der Waals surface area contributed by atoms with E-state index in [1.807, 2.05) is 0 Å². The topological polar surface area (TPSA) is 50.4 Å². The summed E-state index contributed by atoms with van der Waals surface area (Å²) in [6.07, 6.45) is 0. The number of nitrogens with one attached hydrogen (secondary N) is 2. The summed E-state index contributed by atoms with van der Waals surface area (Å²) in [5, 5.41) is 6.22. The van der Waals surface area contributed by atoms with Crippen molar-refractivity contribution in [2.75, 3.05) is 32.1 Å². The summed E-state index contributed by atoms with van der Waals surface area (Å²) in [5.41, 5.74) is 0. The van der Waals surface area contributed by atoms with Gasteiger partial charge in [0.05, 0.1) is 19.0 Å². The molecule has 0 aromatic rings. The fourth-order valence-corrected chi connectivity index (χ4v) is 1.99. The highest BCUT2D eigenvalue weighted by Gasteiger charge is 2.16. The second-order valence-corrected chi connectivity index (χ2v) is 6.73. The highest BCUT2D eigenvalue weighted by atomic mass is 32.2. The first-order valence-corrected chi connectivity index (χ1v) is 6.68. The molecule has 1 aliphatic rings. The Morgan fingerprint density at radius 2 is 2.31 bits per heavy atom. The Labute approximate surface area is 102 Å². The average molecular weight is 246 g/mol. The second-order valence-electron chi connectivity index (χ2n) is 4.93. The molecule has 0 aliphatic carbocycles. The summed E-state index contributed by atoms with van der Waals surface area (Å²) >= 11 is 1.66. The number of carbonyl (C=O) groups is 1. The Morgan fingerprint density at radius 3 is 2.88 bits per heavy atom. The minimum absolute atomic E-state index is 0.104. The maximum Gasteiger partial charge on any atom is 0.230 e. The number of ether oxygens (including phenoxy) is 1. The van der Waals surface area contributed by atoms with Gasteiger partial charge in [-0.15, -0.1) is 11.8 Å². The van der Waals surface area contributed by atoms with Crippen LogP contribution >= 0.6 is 11.8 Å². The van der Waals surface area contributed by atoms with E-state index >= 15 is 0 Å². The third-order valence-corrected chi connectivity index (χ3v) is 3.45. The van der Waals surface area contributed by atoms with Crippen molar-refractivity contribution in [2.24, 2.45) is 0 Å². The molecule has 1 saturated heterocycles. The summed E-state index contributed by atoms with van der Waals surface area (Å²) in [7, 11) is 0. The molecule has 0 aromatic carbocycles. The molecule has 0 spiro atoms. The molecule has 1 atom stereocenters. The van der Waals surface area contributed by atoms with E-state index in [0.717, 1.165) is 13.2 Å². The van der Waals surface area contributed by atoms with E-state index in [0.29, 0.717) is 18.9 Å². The van der Waals surface area contributed by atoms with Crippen molar-refractivity contribution in [3.05, 3.63) is 0 Å². The quantitative estimate of drug-likeness (QED) is 0.763. The number of rotatable bonds is 4. The summed E-state index contributed by atoms with van der Waals surface area (Å²) in [6.45, 7) is 9.32. The highest BCUT2D eigenvalue weighted by Crippen LogP contribution is 2.22. The Hall–Kier alpha value is -0.260. The molecular weight excluding hydrogens is 224 g/mol. The van der Waals surface area contributed by atoms with Crippen LogP contribution in [-0.2, 0) is 9.53 Å². The van der Waals surface area contributed by atoms with Crippen molar-refractivity contribution in [1.29, 1.82) is 0 Å². The van der Waals surface area contributed by atoms with Crippen LogP contribution in [0.1, 0.15) is 20.8 Å². The van der Waals surface area contributed by atoms with Crippen LogP contribution in [0.3, 0.4) is 0 Å². The minimum Gasteiger partial charge on any atom is -0.378 e. The van der Waals surface area contributed by atoms with Crippen LogP contribution in [0.5, 0.6) is 0 Å². The minimum atomic E-state index is 0.104. The van der Waals surface area contributed by atoms with Crippen LogP contribution in [0, 0.1) is 0 Å². The lowest BCUT2D eigenvalue weighted by Gasteiger charge is -2.24. The van der Waals surface area contributed by atoms with E-state index in [-0.39, 0.29) is 16.7 Å². The third kappa shape index (κ3) is 6.35. The molecule has 1 aliphatic heterocycles. The van der Waals surface area contributed by atoms with Gasteiger partial charge >= 0.3 is 0 Å². The molecule has 94 valence electrons. The molecule has 1 rings (SSSR count). The van der Waals surface area contributed by atoms with Gasteiger partial charge < -0.3 is 15.4 Å². The van der Waals surface area contributed by atoms with Gasteiger partial charge in [0.1, 0.15) is 0 Å². The SMILES string of the molecule is CC(C)(C)SCC(=O)NCC1COCCN1. The zero-order chi connectivity index (χ0) is 12.0. The molecule has 1 fully saturated rings. The van der Waals surface area contributed by atoms with Gasteiger partial charge in [0.15, 0.2) is 0 Å². The summed E-state index contributed by atoms with van der Waals surface area (Å²) in [4.78, 5) is 11.5. The van der Waals surface area contributed by atoms with Gasteiger partial charge in [-0.1, -0.05) is 20.8 Å². The van der Waals surface area contributed by atoms with Crippen molar-refractivity contribution in [3.63, 3.8) is 0 Å². The Bertz CT molecular complexity index is 223. The Kier molecular flexibility index (Phi) is 5.58. The molecule has 0 bridgehead atoms. The first-order chi connectivity index (χ1) is 7.47. The molecule has 16 heavy (non-hydrogen) atoms. The van der Waals surface area contributed by atoms with Crippen LogP contribution in [0.15, 0.2) is 0 Å². The van der Waals surface area contributed by atoms with E-state index in [1.165, 1.54) is 0 Å². The lowest BCUT2D eigenvalue weighted by atomic mass is 10.3. The standard InChI is InChI=1S/C11H22N2O2S/c1-11(2,3)16-8-10(14)13-6-9-7-15-5-4-12-9/h9,12H,4-8H2,1-3H3,(H,13,14). The monoisotopic (exact) mass is 246 g/mol. The highest BCUT2D eigenvalue weighted by molar-refractivity contribution is 8.01. The number of morpholine rings is 1. The van der Waals surface area contributed by atoms with Gasteiger partial charge in [0.2, 0.25) is 5.91 Å². The number of amides is 1. The van der Waals surface area contributed by atoms with Crippen molar-refractivity contribution >= 4 is 17.7 Å². The van der Waals surface area contributed by atoms with Crippen molar-refractivity contribution < 1.29 is 9.53 Å². The molecule has 1 amide bonds. The largest absolute Gasteiger partial charge is 0.378 e. The fourth-order valence-electron chi connectivity index (χ4n) is 1.32. The zero-order valence-corrected chi connectivity index (χ0v) is 11.2. The molecular formula is C11H22N2O2S.